The number of anilines is 2. The molecule has 2 rings (SSSR count). The largest absolute Gasteiger partial charge is 0.398 e. The van der Waals surface area contributed by atoms with Crippen LogP contribution < -0.4 is 11.1 Å². The molecule has 6 heteroatoms. The van der Waals surface area contributed by atoms with E-state index in [0.29, 0.717) is 22.0 Å². The van der Waals surface area contributed by atoms with E-state index in [1.165, 1.54) is 0 Å². The van der Waals surface area contributed by atoms with Gasteiger partial charge < -0.3 is 11.1 Å². The molecular formula is C13H9Br2ClN2O. The number of halogens is 3. The Labute approximate surface area is 132 Å². The van der Waals surface area contributed by atoms with Gasteiger partial charge in [0, 0.05) is 19.7 Å². The van der Waals surface area contributed by atoms with Crippen molar-refractivity contribution in [1.82, 2.24) is 0 Å². The number of hydrogen-bond donors (Lipinski definition) is 2. The number of nitrogens with two attached hydrogens (primary N) is 1. The lowest BCUT2D eigenvalue weighted by Gasteiger charge is -2.09. The van der Waals surface area contributed by atoms with Gasteiger partial charge in [-0.15, -0.1) is 0 Å². The zero-order chi connectivity index (χ0) is 14.0. The molecule has 3 N–H and O–H groups in total. The highest BCUT2D eigenvalue weighted by molar-refractivity contribution is 9.11. The van der Waals surface area contributed by atoms with Crippen molar-refractivity contribution in [3.8, 4) is 0 Å². The number of rotatable bonds is 2. The number of amides is 1. The Morgan fingerprint density at radius 3 is 2.58 bits per heavy atom. The summed E-state index contributed by atoms with van der Waals surface area (Å²) < 4.78 is 1.69. The van der Waals surface area contributed by atoms with Crippen LogP contribution in [-0.2, 0) is 0 Å². The van der Waals surface area contributed by atoms with E-state index < -0.39 is 0 Å². The highest BCUT2D eigenvalue weighted by Crippen LogP contribution is 2.27. The van der Waals surface area contributed by atoms with Gasteiger partial charge >= 0.3 is 0 Å². The monoisotopic (exact) mass is 402 g/mol. The molecule has 2 aromatic carbocycles. The van der Waals surface area contributed by atoms with Crippen molar-refractivity contribution >= 4 is 60.7 Å². The van der Waals surface area contributed by atoms with Gasteiger partial charge in [-0.05, 0) is 52.3 Å². The Balaban J connectivity index is 2.28. The first kappa shape index (κ1) is 14.4. The predicted molar refractivity (Wildman–Crippen MR) is 85.7 cm³/mol. The number of carbonyl (C=O) groups is 1. The molecule has 0 aliphatic rings. The van der Waals surface area contributed by atoms with Crippen molar-refractivity contribution in [2.75, 3.05) is 11.1 Å². The standard InChI is InChI=1S/C13H9Br2ClN2O/c14-7-1-4-12(10(15)5-7)18-13(19)9-6-8(16)2-3-11(9)17/h1-6H,17H2,(H,18,19). The second-order valence-electron chi connectivity index (χ2n) is 3.81. The summed E-state index contributed by atoms with van der Waals surface area (Å²) in [5.74, 6) is -0.303. The molecule has 1 amide bonds. The molecule has 98 valence electrons. The lowest BCUT2D eigenvalue weighted by atomic mass is 10.1. The van der Waals surface area contributed by atoms with Gasteiger partial charge in [-0.3, -0.25) is 4.79 Å². The van der Waals surface area contributed by atoms with E-state index in [4.69, 9.17) is 17.3 Å². The fourth-order valence-corrected chi connectivity index (χ4v) is 2.82. The van der Waals surface area contributed by atoms with Crippen molar-refractivity contribution in [2.45, 2.75) is 0 Å². The first-order valence-corrected chi connectivity index (χ1v) is 7.25. The van der Waals surface area contributed by atoms with E-state index in [2.05, 4.69) is 37.2 Å². The minimum absolute atomic E-state index is 0.303. The summed E-state index contributed by atoms with van der Waals surface area (Å²) in [5.41, 5.74) is 7.16. The Bertz CT molecular complexity index is 647. The van der Waals surface area contributed by atoms with Crippen LogP contribution in [0.3, 0.4) is 0 Å². The smallest absolute Gasteiger partial charge is 0.257 e. The Morgan fingerprint density at radius 2 is 1.89 bits per heavy atom. The number of nitrogens with one attached hydrogen (secondary N) is 1. The molecule has 0 unspecified atom stereocenters. The number of carbonyl (C=O) groups excluding carboxylic acids is 1. The SMILES string of the molecule is Nc1ccc(Cl)cc1C(=O)Nc1ccc(Br)cc1Br. The molecule has 0 fully saturated rings. The van der Waals surface area contributed by atoms with Gasteiger partial charge in [0.2, 0.25) is 0 Å². The van der Waals surface area contributed by atoms with Crippen LogP contribution in [0, 0.1) is 0 Å². The van der Waals surface area contributed by atoms with Crippen LogP contribution in [0.2, 0.25) is 5.02 Å². The van der Waals surface area contributed by atoms with E-state index in [-0.39, 0.29) is 5.91 Å². The minimum atomic E-state index is -0.303. The summed E-state index contributed by atoms with van der Waals surface area (Å²) >= 11 is 12.6. The lowest BCUT2D eigenvalue weighted by Crippen LogP contribution is -2.14. The Hall–Kier alpha value is -1.04. The van der Waals surface area contributed by atoms with Gasteiger partial charge in [-0.25, -0.2) is 0 Å². The highest BCUT2D eigenvalue weighted by Gasteiger charge is 2.12. The maximum absolute atomic E-state index is 12.1. The highest BCUT2D eigenvalue weighted by atomic mass is 79.9. The molecule has 0 saturated heterocycles. The molecule has 3 nitrogen and oxygen atoms in total. The van der Waals surface area contributed by atoms with Gasteiger partial charge in [0.1, 0.15) is 0 Å². The maximum atomic E-state index is 12.1. The molecule has 0 radical (unpaired) electrons. The van der Waals surface area contributed by atoms with Gasteiger partial charge in [-0.1, -0.05) is 27.5 Å². The average molecular weight is 404 g/mol. The fraction of sp³-hybridized carbons (Fsp3) is 0. The van der Waals surface area contributed by atoms with E-state index in [9.17, 15) is 4.79 Å². The van der Waals surface area contributed by atoms with Crippen LogP contribution in [0.15, 0.2) is 45.3 Å². The number of nitrogen functional groups attached to an aromatic ring is 1. The normalized spacial score (nSPS) is 10.3. The van der Waals surface area contributed by atoms with Crippen LogP contribution in [0.25, 0.3) is 0 Å². The van der Waals surface area contributed by atoms with Gasteiger partial charge in [0.25, 0.3) is 5.91 Å². The Morgan fingerprint density at radius 1 is 1.16 bits per heavy atom. The first-order chi connectivity index (χ1) is 8.97. The lowest BCUT2D eigenvalue weighted by molar-refractivity contribution is 0.102. The van der Waals surface area contributed by atoms with Crippen molar-refractivity contribution in [1.29, 1.82) is 0 Å². The summed E-state index contributed by atoms with van der Waals surface area (Å²) in [5, 5.41) is 3.24. The third-order valence-corrected chi connectivity index (χ3v) is 3.82. The predicted octanol–water partition coefficient (Wildman–Crippen LogP) is 4.70. The van der Waals surface area contributed by atoms with Crippen molar-refractivity contribution in [2.24, 2.45) is 0 Å². The molecule has 0 aliphatic carbocycles. The maximum Gasteiger partial charge on any atom is 0.257 e. The van der Waals surface area contributed by atoms with Crippen molar-refractivity contribution in [3.05, 3.63) is 55.9 Å². The molecular weight excluding hydrogens is 395 g/mol. The van der Waals surface area contributed by atoms with Crippen molar-refractivity contribution in [3.63, 3.8) is 0 Å². The third kappa shape index (κ3) is 3.49. The van der Waals surface area contributed by atoms with Crippen molar-refractivity contribution < 1.29 is 4.79 Å². The number of benzene rings is 2. The van der Waals surface area contributed by atoms with Crippen LogP contribution >= 0.6 is 43.5 Å². The fourth-order valence-electron chi connectivity index (χ4n) is 1.51. The molecule has 2 aromatic rings. The number of hydrogen-bond acceptors (Lipinski definition) is 2. The molecule has 0 spiro atoms. The third-order valence-electron chi connectivity index (χ3n) is 2.44. The van der Waals surface area contributed by atoms with Crippen LogP contribution in [0.5, 0.6) is 0 Å². The molecule has 0 aromatic heterocycles. The summed E-state index contributed by atoms with van der Waals surface area (Å²) in [6.45, 7) is 0. The summed E-state index contributed by atoms with van der Waals surface area (Å²) in [6.07, 6.45) is 0. The second kappa shape index (κ2) is 5.94. The zero-order valence-electron chi connectivity index (χ0n) is 9.58. The molecule has 0 aliphatic heterocycles. The van der Waals surface area contributed by atoms with E-state index in [0.717, 1.165) is 8.95 Å². The zero-order valence-corrected chi connectivity index (χ0v) is 13.5. The van der Waals surface area contributed by atoms with E-state index in [1.54, 1.807) is 24.3 Å². The van der Waals surface area contributed by atoms with Crippen LogP contribution in [0.4, 0.5) is 11.4 Å². The minimum Gasteiger partial charge on any atom is -0.398 e. The molecule has 19 heavy (non-hydrogen) atoms. The summed E-state index contributed by atoms with van der Waals surface area (Å²) in [6, 6.07) is 10.3. The van der Waals surface area contributed by atoms with Gasteiger partial charge in [-0.2, -0.15) is 0 Å². The van der Waals surface area contributed by atoms with E-state index >= 15 is 0 Å². The topological polar surface area (TPSA) is 55.1 Å². The van der Waals surface area contributed by atoms with Gasteiger partial charge in [0.05, 0.1) is 11.3 Å². The Kier molecular flexibility index (Phi) is 4.50. The molecule has 0 saturated carbocycles. The summed E-state index contributed by atoms with van der Waals surface area (Å²) in [4.78, 5) is 12.1. The molecule has 0 bridgehead atoms. The van der Waals surface area contributed by atoms with Crippen LogP contribution in [0.1, 0.15) is 10.4 Å². The van der Waals surface area contributed by atoms with Gasteiger partial charge in [0.15, 0.2) is 0 Å². The van der Waals surface area contributed by atoms with E-state index in [1.807, 2.05) is 12.1 Å². The van der Waals surface area contributed by atoms with Crippen LogP contribution in [-0.4, -0.2) is 5.91 Å². The molecule has 0 atom stereocenters. The average Bonchev–Trinajstić information content (AvgIpc) is 2.35. The quantitative estimate of drug-likeness (QED) is 0.713. The summed E-state index contributed by atoms with van der Waals surface area (Å²) in [7, 11) is 0. The first-order valence-electron chi connectivity index (χ1n) is 5.29. The molecule has 0 heterocycles. The second-order valence-corrected chi connectivity index (χ2v) is 6.02.